The molecule has 0 aliphatic carbocycles. The zero-order chi connectivity index (χ0) is 7.40. The quantitative estimate of drug-likeness (QED) is 0.485. The fourth-order valence-electron chi connectivity index (χ4n) is 0.866. The van der Waals surface area contributed by atoms with Gasteiger partial charge >= 0.3 is 0 Å². The van der Waals surface area contributed by atoms with Crippen LogP contribution in [0.4, 0.5) is 0 Å². The van der Waals surface area contributed by atoms with Crippen LogP contribution >= 0.6 is 12.6 Å². The summed E-state index contributed by atoms with van der Waals surface area (Å²) in [6, 6.07) is 4.13. The SMILES string of the molecule is CC[n+]1cccc(CS)c1. The second kappa shape index (κ2) is 3.62. The fourth-order valence-corrected chi connectivity index (χ4v) is 1.05. The summed E-state index contributed by atoms with van der Waals surface area (Å²) in [6.07, 6.45) is 4.18. The van der Waals surface area contributed by atoms with Gasteiger partial charge in [0.05, 0.1) is 0 Å². The van der Waals surface area contributed by atoms with Crippen molar-refractivity contribution in [1.82, 2.24) is 0 Å². The third-order valence-electron chi connectivity index (χ3n) is 1.47. The molecule has 0 radical (unpaired) electrons. The van der Waals surface area contributed by atoms with Gasteiger partial charge in [0.1, 0.15) is 6.54 Å². The van der Waals surface area contributed by atoms with Crippen molar-refractivity contribution in [1.29, 1.82) is 0 Å². The molecular weight excluding hydrogens is 142 g/mol. The van der Waals surface area contributed by atoms with Crippen LogP contribution in [0, 0.1) is 0 Å². The molecule has 0 bridgehead atoms. The van der Waals surface area contributed by atoms with Gasteiger partial charge in [-0.2, -0.15) is 12.6 Å². The van der Waals surface area contributed by atoms with Gasteiger partial charge in [-0.3, -0.25) is 0 Å². The minimum atomic E-state index is 0.820. The second-order valence-electron chi connectivity index (χ2n) is 2.20. The molecule has 10 heavy (non-hydrogen) atoms. The van der Waals surface area contributed by atoms with Gasteiger partial charge < -0.3 is 0 Å². The molecule has 0 N–H and O–H groups in total. The van der Waals surface area contributed by atoms with E-state index in [1.807, 2.05) is 0 Å². The summed E-state index contributed by atoms with van der Waals surface area (Å²) in [5.41, 5.74) is 1.27. The van der Waals surface area contributed by atoms with Gasteiger partial charge in [-0.25, -0.2) is 4.57 Å². The second-order valence-corrected chi connectivity index (χ2v) is 2.52. The van der Waals surface area contributed by atoms with Crippen LogP contribution in [0.15, 0.2) is 24.5 Å². The van der Waals surface area contributed by atoms with Crippen LogP contribution in [0.3, 0.4) is 0 Å². The molecule has 54 valence electrons. The van der Waals surface area contributed by atoms with Gasteiger partial charge in [-0.05, 0) is 13.0 Å². The van der Waals surface area contributed by atoms with E-state index in [0.29, 0.717) is 0 Å². The lowest BCUT2D eigenvalue weighted by Crippen LogP contribution is -2.31. The van der Waals surface area contributed by atoms with E-state index in [4.69, 9.17) is 0 Å². The molecule has 0 amide bonds. The number of aryl methyl sites for hydroxylation is 1. The third-order valence-corrected chi connectivity index (χ3v) is 1.83. The Morgan fingerprint density at radius 1 is 1.60 bits per heavy atom. The minimum absolute atomic E-state index is 0.820. The monoisotopic (exact) mass is 154 g/mol. The molecule has 0 fully saturated rings. The van der Waals surface area contributed by atoms with Crippen LogP contribution in [0.25, 0.3) is 0 Å². The number of aromatic nitrogens is 1. The first-order valence-electron chi connectivity index (χ1n) is 3.45. The van der Waals surface area contributed by atoms with Gasteiger partial charge in [-0.1, -0.05) is 0 Å². The number of thiol groups is 1. The lowest BCUT2D eigenvalue weighted by molar-refractivity contribution is -0.693. The number of hydrogen-bond donors (Lipinski definition) is 1. The zero-order valence-corrected chi connectivity index (χ0v) is 7.01. The molecule has 0 atom stereocenters. The Labute approximate surface area is 67.1 Å². The summed E-state index contributed by atoms with van der Waals surface area (Å²) in [6.45, 7) is 3.16. The van der Waals surface area contributed by atoms with Crippen molar-refractivity contribution in [2.75, 3.05) is 0 Å². The standard InChI is InChI=1S/C8H11NS/c1-2-9-5-3-4-8(6-9)7-10/h3-6H,2,7H2,1H3/p+1. The largest absolute Gasteiger partial charge is 0.205 e. The van der Waals surface area contributed by atoms with Crippen molar-refractivity contribution in [2.45, 2.75) is 19.2 Å². The Morgan fingerprint density at radius 3 is 3.00 bits per heavy atom. The molecule has 1 aromatic rings. The average molecular weight is 154 g/mol. The molecule has 0 unspecified atom stereocenters. The van der Waals surface area contributed by atoms with E-state index in [-0.39, 0.29) is 0 Å². The highest BCUT2D eigenvalue weighted by Gasteiger charge is 1.96. The maximum absolute atomic E-state index is 4.18. The van der Waals surface area contributed by atoms with Crippen LogP contribution in [-0.4, -0.2) is 0 Å². The number of nitrogens with zero attached hydrogens (tertiary/aromatic N) is 1. The maximum atomic E-state index is 4.18. The summed E-state index contributed by atoms with van der Waals surface area (Å²) in [5.74, 6) is 0.820. The Hall–Kier alpha value is -0.500. The van der Waals surface area contributed by atoms with Crippen molar-refractivity contribution >= 4 is 12.6 Å². The van der Waals surface area contributed by atoms with Gasteiger partial charge in [0.2, 0.25) is 0 Å². The number of hydrogen-bond acceptors (Lipinski definition) is 1. The topological polar surface area (TPSA) is 3.88 Å². The Bertz CT molecular complexity index is 191. The van der Waals surface area contributed by atoms with Crippen LogP contribution < -0.4 is 4.57 Å². The highest BCUT2D eigenvalue weighted by atomic mass is 32.1. The van der Waals surface area contributed by atoms with Gasteiger partial charge in [0.25, 0.3) is 0 Å². The summed E-state index contributed by atoms with van der Waals surface area (Å²) in [5, 5.41) is 0. The molecule has 0 aromatic carbocycles. The summed E-state index contributed by atoms with van der Waals surface area (Å²) in [4.78, 5) is 0. The van der Waals surface area contributed by atoms with Crippen molar-refractivity contribution in [3.63, 3.8) is 0 Å². The Kier molecular flexibility index (Phi) is 2.75. The minimum Gasteiger partial charge on any atom is -0.205 e. The molecule has 0 spiro atoms. The fraction of sp³-hybridized carbons (Fsp3) is 0.375. The van der Waals surface area contributed by atoms with Crippen molar-refractivity contribution in [3.05, 3.63) is 30.1 Å². The average Bonchev–Trinajstić information content (AvgIpc) is 2.05. The van der Waals surface area contributed by atoms with Crippen molar-refractivity contribution in [2.24, 2.45) is 0 Å². The van der Waals surface area contributed by atoms with E-state index in [1.165, 1.54) is 5.56 Å². The normalized spacial score (nSPS) is 9.80. The van der Waals surface area contributed by atoms with Gasteiger partial charge in [0, 0.05) is 17.4 Å². The van der Waals surface area contributed by atoms with Crippen molar-refractivity contribution in [3.8, 4) is 0 Å². The Morgan fingerprint density at radius 2 is 2.40 bits per heavy atom. The zero-order valence-electron chi connectivity index (χ0n) is 6.12. The predicted octanol–water partition coefficient (Wildman–Crippen LogP) is 1.42. The van der Waals surface area contributed by atoms with E-state index >= 15 is 0 Å². The van der Waals surface area contributed by atoms with E-state index in [0.717, 1.165) is 12.3 Å². The number of rotatable bonds is 2. The molecule has 1 aromatic heterocycles. The summed E-state index contributed by atoms with van der Waals surface area (Å²) >= 11 is 4.18. The van der Waals surface area contributed by atoms with Crippen LogP contribution in [-0.2, 0) is 12.3 Å². The molecular formula is C8H12NS+. The van der Waals surface area contributed by atoms with E-state index in [9.17, 15) is 0 Å². The smallest absolute Gasteiger partial charge is 0.172 e. The molecule has 2 heteroatoms. The molecule has 1 rings (SSSR count). The van der Waals surface area contributed by atoms with Gasteiger partial charge in [0.15, 0.2) is 12.4 Å². The number of pyridine rings is 1. The maximum Gasteiger partial charge on any atom is 0.172 e. The predicted molar refractivity (Wildman–Crippen MR) is 45.0 cm³/mol. The molecule has 1 nitrogen and oxygen atoms in total. The third kappa shape index (κ3) is 1.74. The van der Waals surface area contributed by atoms with Crippen molar-refractivity contribution < 1.29 is 4.57 Å². The molecule has 0 saturated heterocycles. The van der Waals surface area contributed by atoms with E-state index in [2.05, 4.69) is 48.6 Å². The summed E-state index contributed by atoms with van der Waals surface area (Å²) < 4.78 is 2.14. The van der Waals surface area contributed by atoms with Gasteiger partial charge in [-0.15, -0.1) is 0 Å². The highest BCUT2D eigenvalue weighted by Crippen LogP contribution is 1.97. The lowest BCUT2D eigenvalue weighted by atomic mass is 10.3. The first-order valence-corrected chi connectivity index (χ1v) is 4.09. The Balaban J connectivity index is 2.87. The lowest BCUT2D eigenvalue weighted by Gasteiger charge is -1.93. The molecule has 0 aliphatic rings. The first kappa shape index (κ1) is 7.61. The molecule has 0 saturated carbocycles. The van der Waals surface area contributed by atoms with Crippen LogP contribution in [0.5, 0.6) is 0 Å². The first-order chi connectivity index (χ1) is 4.86. The summed E-state index contributed by atoms with van der Waals surface area (Å²) in [7, 11) is 0. The van der Waals surface area contributed by atoms with E-state index in [1.54, 1.807) is 0 Å². The highest BCUT2D eigenvalue weighted by molar-refractivity contribution is 7.79. The van der Waals surface area contributed by atoms with E-state index < -0.39 is 0 Å². The molecule has 0 aliphatic heterocycles. The van der Waals surface area contributed by atoms with Crippen LogP contribution in [0.1, 0.15) is 12.5 Å². The molecule has 1 heterocycles. The van der Waals surface area contributed by atoms with Crippen LogP contribution in [0.2, 0.25) is 0 Å².